The molecule has 0 amide bonds. The number of H-pyrrole nitrogens is 1. The van der Waals surface area contributed by atoms with E-state index in [2.05, 4.69) is 26.9 Å². The lowest BCUT2D eigenvalue weighted by Crippen LogP contribution is -2.46. The molecule has 0 radical (unpaired) electrons. The van der Waals surface area contributed by atoms with Crippen molar-refractivity contribution in [3.05, 3.63) is 92.6 Å². The average Bonchev–Trinajstić information content (AvgIpc) is 3.21. The van der Waals surface area contributed by atoms with Gasteiger partial charge in [-0.05, 0) is 24.1 Å². The molecule has 0 aliphatic carbocycles. The van der Waals surface area contributed by atoms with Crippen LogP contribution in [0.2, 0.25) is 0 Å². The van der Waals surface area contributed by atoms with Crippen LogP contribution >= 0.6 is 0 Å². The van der Waals surface area contributed by atoms with Gasteiger partial charge in [0.2, 0.25) is 0 Å². The monoisotopic (exact) mass is 462 g/mol. The molecule has 1 fully saturated rings. The third-order valence-electron chi connectivity index (χ3n) is 6.48. The quantitative estimate of drug-likeness (QED) is 0.475. The Morgan fingerprint density at radius 3 is 2.41 bits per heavy atom. The molecule has 1 N–H and O–H groups in total. The topological polar surface area (TPSA) is 79.2 Å². The molecule has 1 aliphatic rings. The van der Waals surface area contributed by atoms with E-state index in [1.807, 2.05) is 28.8 Å². The minimum absolute atomic E-state index is 0.209. The van der Waals surface area contributed by atoms with E-state index in [1.54, 1.807) is 19.2 Å². The summed E-state index contributed by atoms with van der Waals surface area (Å²) in [4.78, 5) is 36.3. The lowest BCUT2D eigenvalue weighted by Gasteiger charge is -2.36. The van der Waals surface area contributed by atoms with Crippen LogP contribution in [0.4, 0.5) is 10.1 Å². The van der Waals surface area contributed by atoms with Gasteiger partial charge in [0.25, 0.3) is 5.56 Å². The molecule has 4 aromatic rings. The molecular weight excluding hydrogens is 435 g/mol. The van der Waals surface area contributed by atoms with E-state index < -0.39 is 11.2 Å². The molecular formula is C25H27FN6O2. The number of rotatable bonds is 6. The van der Waals surface area contributed by atoms with Crippen LogP contribution in [-0.2, 0) is 26.6 Å². The summed E-state index contributed by atoms with van der Waals surface area (Å²) >= 11 is 0. The Labute approximate surface area is 195 Å². The van der Waals surface area contributed by atoms with Gasteiger partial charge in [0.1, 0.15) is 11.6 Å². The highest BCUT2D eigenvalue weighted by molar-refractivity contribution is 5.70. The van der Waals surface area contributed by atoms with Crippen LogP contribution < -0.4 is 16.1 Å². The molecule has 2 aromatic carbocycles. The molecule has 1 saturated heterocycles. The van der Waals surface area contributed by atoms with E-state index in [0.717, 1.165) is 30.9 Å². The van der Waals surface area contributed by atoms with Crippen LogP contribution in [0.25, 0.3) is 11.2 Å². The number of halogens is 1. The highest BCUT2D eigenvalue weighted by Gasteiger charge is 2.23. The summed E-state index contributed by atoms with van der Waals surface area (Å²) in [5, 5.41) is 0. The van der Waals surface area contributed by atoms with Crippen LogP contribution in [0.15, 0.2) is 64.2 Å². The van der Waals surface area contributed by atoms with E-state index in [4.69, 9.17) is 4.98 Å². The third kappa shape index (κ3) is 4.26. The summed E-state index contributed by atoms with van der Waals surface area (Å²) in [6, 6.07) is 16.9. The van der Waals surface area contributed by atoms with Crippen LogP contribution in [0, 0.1) is 5.82 Å². The maximum absolute atomic E-state index is 14.2. The molecule has 0 unspecified atom stereocenters. The Morgan fingerprint density at radius 2 is 1.68 bits per heavy atom. The minimum Gasteiger partial charge on any atom is -0.367 e. The summed E-state index contributed by atoms with van der Waals surface area (Å²) in [7, 11) is 1.62. The molecule has 0 saturated carbocycles. The number of aromatic amines is 1. The number of piperazine rings is 1. The molecule has 34 heavy (non-hydrogen) atoms. The van der Waals surface area contributed by atoms with E-state index >= 15 is 0 Å². The van der Waals surface area contributed by atoms with Gasteiger partial charge in [0, 0.05) is 39.8 Å². The number of aryl methyl sites for hydroxylation is 3. The number of fused-ring (bicyclic) bond motifs is 1. The maximum atomic E-state index is 14.2. The van der Waals surface area contributed by atoms with Crippen LogP contribution in [0.3, 0.4) is 0 Å². The zero-order valence-electron chi connectivity index (χ0n) is 19.1. The van der Waals surface area contributed by atoms with E-state index in [0.29, 0.717) is 43.0 Å². The van der Waals surface area contributed by atoms with Crippen molar-refractivity contribution in [3.8, 4) is 0 Å². The highest BCUT2D eigenvalue weighted by atomic mass is 19.1. The number of benzene rings is 2. The van der Waals surface area contributed by atoms with Crippen LogP contribution in [-0.4, -0.2) is 50.2 Å². The Balaban J connectivity index is 1.41. The van der Waals surface area contributed by atoms with Gasteiger partial charge in [-0.15, -0.1) is 0 Å². The van der Waals surface area contributed by atoms with Crippen molar-refractivity contribution in [2.75, 3.05) is 31.1 Å². The van der Waals surface area contributed by atoms with Crippen molar-refractivity contribution in [2.24, 2.45) is 7.05 Å². The van der Waals surface area contributed by atoms with Crippen molar-refractivity contribution < 1.29 is 4.39 Å². The second kappa shape index (κ2) is 9.26. The Bertz CT molecular complexity index is 1420. The van der Waals surface area contributed by atoms with Crippen LogP contribution in [0.1, 0.15) is 11.4 Å². The predicted molar refractivity (Wildman–Crippen MR) is 130 cm³/mol. The summed E-state index contributed by atoms with van der Waals surface area (Å²) in [5.74, 6) is 0.538. The van der Waals surface area contributed by atoms with Crippen molar-refractivity contribution >= 4 is 16.9 Å². The summed E-state index contributed by atoms with van der Waals surface area (Å²) in [6.45, 7) is 4.00. The largest absolute Gasteiger partial charge is 0.367 e. The first-order valence-electron chi connectivity index (χ1n) is 11.5. The zero-order chi connectivity index (χ0) is 23.7. The van der Waals surface area contributed by atoms with Crippen molar-refractivity contribution in [1.82, 2.24) is 24.0 Å². The van der Waals surface area contributed by atoms with Crippen molar-refractivity contribution in [1.29, 1.82) is 0 Å². The maximum Gasteiger partial charge on any atom is 0.329 e. The Hall–Kier alpha value is -3.72. The van der Waals surface area contributed by atoms with Crippen molar-refractivity contribution in [3.63, 3.8) is 0 Å². The van der Waals surface area contributed by atoms with Gasteiger partial charge in [-0.2, -0.15) is 0 Å². The molecule has 0 bridgehead atoms. The second-order valence-electron chi connectivity index (χ2n) is 8.62. The van der Waals surface area contributed by atoms with Gasteiger partial charge in [-0.3, -0.25) is 19.2 Å². The minimum atomic E-state index is -0.477. The number of hydrogen-bond donors (Lipinski definition) is 1. The normalized spacial score (nSPS) is 14.7. The van der Waals surface area contributed by atoms with Crippen molar-refractivity contribution in [2.45, 2.75) is 19.5 Å². The van der Waals surface area contributed by atoms with Gasteiger partial charge >= 0.3 is 5.69 Å². The van der Waals surface area contributed by atoms with E-state index in [1.165, 1.54) is 10.6 Å². The third-order valence-corrected chi connectivity index (χ3v) is 6.48. The summed E-state index contributed by atoms with van der Waals surface area (Å²) in [5.41, 5.74) is 1.69. The Morgan fingerprint density at radius 1 is 0.971 bits per heavy atom. The molecule has 0 spiro atoms. The number of anilines is 1. The number of nitrogens with zero attached hydrogens (tertiary/aromatic N) is 5. The lowest BCUT2D eigenvalue weighted by atomic mass is 10.1. The zero-order valence-corrected chi connectivity index (χ0v) is 19.1. The van der Waals surface area contributed by atoms with E-state index in [9.17, 15) is 14.0 Å². The Kier molecular flexibility index (Phi) is 6.02. The fraction of sp³-hybridized carbons (Fsp3) is 0.320. The number of aromatic nitrogens is 4. The molecule has 9 heteroatoms. The predicted octanol–water partition coefficient (Wildman–Crippen LogP) is 2.13. The highest BCUT2D eigenvalue weighted by Crippen LogP contribution is 2.21. The molecule has 8 nitrogen and oxygen atoms in total. The SMILES string of the molecule is Cn1c(=O)[nH]c(=O)c2c1nc(CN1CCN(c3ccccc3F)CC1)n2CCc1ccccc1. The fourth-order valence-corrected chi connectivity index (χ4v) is 4.58. The smallest absolute Gasteiger partial charge is 0.329 e. The summed E-state index contributed by atoms with van der Waals surface area (Å²) < 4.78 is 17.5. The molecule has 2 aromatic heterocycles. The molecule has 0 atom stereocenters. The molecule has 5 rings (SSSR count). The number of nitrogens with one attached hydrogen (secondary N) is 1. The molecule has 176 valence electrons. The average molecular weight is 463 g/mol. The van der Waals surface area contributed by atoms with Gasteiger partial charge in [0.15, 0.2) is 11.2 Å². The summed E-state index contributed by atoms with van der Waals surface area (Å²) in [6.07, 6.45) is 0.739. The number of imidazole rings is 1. The first-order chi connectivity index (χ1) is 16.5. The first-order valence-corrected chi connectivity index (χ1v) is 11.5. The lowest BCUT2D eigenvalue weighted by molar-refractivity contribution is 0.240. The van der Waals surface area contributed by atoms with Gasteiger partial charge < -0.3 is 9.47 Å². The van der Waals surface area contributed by atoms with Gasteiger partial charge in [-0.1, -0.05) is 42.5 Å². The molecule has 3 heterocycles. The van der Waals surface area contributed by atoms with E-state index in [-0.39, 0.29) is 5.82 Å². The second-order valence-corrected chi connectivity index (χ2v) is 8.62. The fourth-order valence-electron chi connectivity index (χ4n) is 4.58. The first kappa shape index (κ1) is 22.1. The van der Waals surface area contributed by atoms with Gasteiger partial charge in [-0.25, -0.2) is 14.2 Å². The molecule has 1 aliphatic heterocycles. The van der Waals surface area contributed by atoms with Gasteiger partial charge in [0.05, 0.1) is 12.2 Å². The van der Waals surface area contributed by atoms with Crippen LogP contribution in [0.5, 0.6) is 0 Å². The standard InChI is InChI=1S/C25H27FN6O2/c1-29-23-22(24(33)28-25(29)34)32(12-11-18-7-3-2-4-8-18)21(27-23)17-30-13-15-31(16-14-30)20-10-6-5-9-19(20)26/h2-10H,11-17H2,1H3,(H,28,33,34). The number of para-hydroxylation sites is 1. The number of hydrogen-bond acceptors (Lipinski definition) is 5.